The lowest BCUT2D eigenvalue weighted by atomic mass is 10.1. The highest BCUT2D eigenvalue weighted by atomic mass is 16.5. The molecule has 2 N–H and O–H groups in total. The second-order valence-electron chi connectivity index (χ2n) is 6.38. The molecular formula is C19H32N4O2. The third-order valence-corrected chi connectivity index (χ3v) is 4.60. The van der Waals surface area contributed by atoms with Gasteiger partial charge in [0.2, 0.25) is 0 Å². The lowest BCUT2D eigenvalue weighted by Crippen LogP contribution is -2.48. The van der Waals surface area contributed by atoms with Crippen molar-refractivity contribution in [3.05, 3.63) is 23.8 Å². The van der Waals surface area contributed by atoms with Crippen LogP contribution in [0.15, 0.2) is 23.2 Å². The number of hydrogen-bond donors (Lipinski definition) is 2. The molecule has 0 bridgehead atoms. The first-order valence-electron chi connectivity index (χ1n) is 9.10. The molecule has 0 aliphatic carbocycles. The number of nitrogens with one attached hydrogen (secondary N) is 2. The van der Waals surface area contributed by atoms with Gasteiger partial charge in [-0.25, -0.2) is 0 Å². The van der Waals surface area contributed by atoms with Crippen molar-refractivity contribution in [3.63, 3.8) is 0 Å². The van der Waals surface area contributed by atoms with Gasteiger partial charge in [0, 0.05) is 32.7 Å². The van der Waals surface area contributed by atoms with Gasteiger partial charge >= 0.3 is 0 Å². The first-order valence-corrected chi connectivity index (χ1v) is 9.10. The summed E-state index contributed by atoms with van der Waals surface area (Å²) in [5, 5.41) is 6.93. The van der Waals surface area contributed by atoms with E-state index in [1.54, 1.807) is 14.2 Å². The van der Waals surface area contributed by atoms with Crippen LogP contribution < -0.4 is 20.1 Å². The summed E-state index contributed by atoms with van der Waals surface area (Å²) >= 11 is 0. The van der Waals surface area contributed by atoms with Gasteiger partial charge in [0.15, 0.2) is 17.5 Å². The molecule has 6 heteroatoms. The Labute approximate surface area is 151 Å². The average molecular weight is 348 g/mol. The number of nitrogens with zero attached hydrogens (tertiary/aromatic N) is 2. The van der Waals surface area contributed by atoms with E-state index >= 15 is 0 Å². The first-order chi connectivity index (χ1) is 12.2. The van der Waals surface area contributed by atoms with Crippen LogP contribution in [0, 0.1) is 0 Å². The van der Waals surface area contributed by atoms with Crippen LogP contribution in [0.1, 0.15) is 31.7 Å². The Bertz CT molecular complexity index is 554. The molecule has 1 aromatic carbocycles. The van der Waals surface area contributed by atoms with Crippen LogP contribution >= 0.6 is 0 Å². The standard InChI is InChI=1S/C19H32N4O2/c1-5-10-23-11-8-16(9-12-23)22-19(20-2)21-14-15-6-7-17(24-3)18(13-15)25-4/h6-7,13,16H,5,8-12,14H2,1-4H3,(H2,20,21,22). The van der Waals surface area contributed by atoms with Gasteiger partial charge in [-0.15, -0.1) is 0 Å². The number of ether oxygens (including phenoxy) is 2. The van der Waals surface area contributed by atoms with E-state index in [-0.39, 0.29) is 0 Å². The zero-order valence-electron chi connectivity index (χ0n) is 16.0. The van der Waals surface area contributed by atoms with E-state index < -0.39 is 0 Å². The summed E-state index contributed by atoms with van der Waals surface area (Å²) in [6.07, 6.45) is 3.56. The minimum Gasteiger partial charge on any atom is -0.493 e. The second kappa shape index (κ2) is 10.1. The van der Waals surface area contributed by atoms with E-state index in [2.05, 4.69) is 27.4 Å². The molecule has 0 unspecified atom stereocenters. The van der Waals surface area contributed by atoms with Gasteiger partial charge in [-0.1, -0.05) is 13.0 Å². The van der Waals surface area contributed by atoms with Gasteiger partial charge in [-0.05, 0) is 43.5 Å². The zero-order valence-corrected chi connectivity index (χ0v) is 16.0. The van der Waals surface area contributed by atoms with Crippen LogP contribution in [0.4, 0.5) is 0 Å². The molecule has 0 spiro atoms. The van der Waals surface area contributed by atoms with E-state index in [9.17, 15) is 0 Å². The maximum absolute atomic E-state index is 5.36. The molecule has 0 aromatic heterocycles. The molecular weight excluding hydrogens is 316 g/mol. The van der Waals surface area contributed by atoms with E-state index in [1.807, 2.05) is 25.2 Å². The van der Waals surface area contributed by atoms with Gasteiger partial charge < -0.3 is 25.0 Å². The third-order valence-electron chi connectivity index (χ3n) is 4.60. The number of rotatable bonds is 7. The van der Waals surface area contributed by atoms with Crippen molar-refractivity contribution < 1.29 is 9.47 Å². The van der Waals surface area contributed by atoms with Crippen molar-refractivity contribution in [1.29, 1.82) is 0 Å². The van der Waals surface area contributed by atoms with Gasteiger partial charge in [0.25, 0.3) is 0 Å². The Balaban J connectivity index is 1.83. The predicted molar refractivity (Wildman–Crippen MR) is 103 cm³/mol. The summed E-state index contributed by atoms with van der Waals surface area (Å²) in [6, 6.07) is 6.44. The van der Waals surface area contributed by atoms with Crippen LogP contribution in [0.5, 0.6) is 11.5 Å². The monoisotopic (exact) mass is 348 g/mol. The molecule has 0 amide bonds. The third kappa shape index (κ3) is 5.81. The summed E-state index contributed by atoms with van der Waals surface area (Å²) in [5.41, 5.74) is 1.12. The number of aliphatic imine (C=N–C) groups is 1. The number of hydrogen-bond acceptors (Lipinski definition) is 4. The summed E-state index contributed by atoms with van der Waals surface area (Å²) in [5.74, 6) is 2.34. The summed E-state index contributed by atoms with van der Waals surface area (Å²) in [6.45, 7) is 6.47. The van der Waals surface area contributed by atoms with Crippen LogP contribution in [0.25, 0.3) is 0 Å². The quantitative estimate of drug-likeness (QED) is 0.585. The Morgan fingerprint density at radius 2 is 1.92 bits per heavy atom. The fraction of sp³-hybridized carbons (Fsp3) is 0.632. The normalized spacial score (nSPS) is 16.6. The molecule has 1 aliphatic heterocycles. The maximum Gasteiger partial charge on any atom is 0.191 e. The topological polar surface area (TPSA) is 58.1 Å². The number of piperidine rings is 1. The van der Waals surface area contributed by atoms with E-state index in [0.29, 0.717) is 12.6 Å². The van der Waals surface area contributed by atoms with Gasteiger partial charge in [0.1, 0.15) is 0 Å². The van der Waals surface area contributed by atoms with Gasteiger partial charge in [-0.2, -0.15) is 0 Å². The van der Waals surface area contributed by atoms with Crippen molar-refractivity contribution >= 4 is 5.96 Å². The summed E-state index contributed by atoms with van der Waals surface area (Å²) in [7, 11) is 5.12. The largest absolute Gasteiger partial charge is 0.493 e. The Kier molecular flexibility index (Phi) is 7.85. The number of benzene rings is 1. The van der Waals surface area contributed by atoms with Gasteiger partial charge in [0.05, 0.1) is 14.2 Å². The minimum atomic E-state index is 0.490. The van der Waals surface area contributed by atoms with Crippen LogP contribution in [0.3, 0.4) is 0 Å². The molecule has 0 radical (unpaired) electrons. The van der Waals surface area contributed by atoms with Crippen LogP contribution in [-0.2, 0) is 6.54 Å². The zero-order chi connectivity index (χ0) is 18.1. The molecule has 1 saturated heterocycles. The Morgan fingerprint density at radius 1 is 1.20 bits per heavy atom. The summed E-state index contributed by atoms with van der Waals surface area (Å²) < 4.78 is 10.6. The van der Waals surface area contributed by atoms with E-state index in [1.165, 1.54) is 13.0 Å². The van der Waals surface area contributed by atoms with E-state index in [0.717, 1.165) is 49.0 Å². The molecule has 1 fully saturated rings. The molecule has 0 atom stereocenters. The molecule has 25 heavy (non-hydrogen) atoms. The fourth-order valence-electron chi connectivity index (χ4n) is 3.18. The van der Waals surface area contributed by atoms with Crippen LogP contribution in [-0.4, -0.2) is 57.8 Å². The highest BCUT2D eigenvalue weighted by molar-refractivity contribution is 5.80. The first kappa shape index (κ1) is 19.4. The van der Waals surface area contributed by atoms with Crippen molar-refractivity contribution in [2.75, 3.05) is 40.9 Å². The maximum atomic E-state index is 5.36. The Hall–Kier alpha value is -1.95. The molecule has 1 aromatic rings. The second-order valence-corrected chi connectivity index (χ2v) is 6.38. The highest BCUT2D eigenvalue weighted by Crippen LogP contribution is 2.27. The fourth-order valence-corrected chi connectivity index (χ4v) is 3.18. The van der Waals surface area contributed by atoms with Crippen molar-refractivity contribution in [2.45, 2.75) is 38.8 Å². The minimum absolute atomic E-state index is 0.490. The lowest BCUT2D eigenvalue weighted by Gasteiger charge is -2.32. The molecule has 1 aliphatic rings. The molecule has 1 heterocycles. The number of guanidine groups is 1. The van der Waals surface area contributed by atoms with Crippen LogP contribution in [0.2, 0.25) is 0 Å². The van der Waals surface area contributed by atoms with Gasteiger partial charge in [-0.3, -0.25) is 4.99 Å². The number of methoxy groups -OCH3 is 2. The van der Waals surface area contributed by atoms with Crippen molar-refractivity contribution in [3.8, 4) is 11.5 Å². The molecule has 140 valence electrons. The number of likely N-dealkylation sites (tertiary alicyclic amines) is 1. The SMILES string of the molecule is CCCN1CCC(NC(=NC)NCc2ccc(OC)c(OC)c2)CC1. The Morgan fingerprint density at radius 3 is 2.52 bits per heavy atom. The molecule has 2 rings (SSSR count). The molecule has 6 nitrogen and oxygen atoms in total. The average Bonchev–Trinajstić information content (AvgIpc) is 2.66. The predicted octanol–water partition coefficient (Wildman–Crippen LogP) is 2.24. The molecule has 0 saturated carbocycles. The van der Waals surface area contributed by atoms with Crippen molar-refractivity contribution in [2.24, 2.45) is 4.99 Å². The summed E-state index contributed by atoms with van der Waals surface area (Å²) in [4.78, 5) is 6.89. The highest BCUT2D eigenvalue weighted by Gasteiger charge is 2.19. The van der Waals surface area contributed by atoms with Crippen molar-refractivity contribution in [1.82, 2.24) is 15.5 Å². The van der Waals surface area contributed by atoms with E-state index in [4.69, 9.17) is 9.47 Å². The smallest absolute Gasteiger partial charge is 0.191 e. The lowest BCUT2D eigenvalue weighted by molar-refractivity contribution is 0.206.